The summed E-state index contributed by atoms with van der Waals surface area (Å²) in [6, 6.07) is 14.4. The highest BCUT2D eigenvalue weighted by Crippen LogP contribution is 2.35. The molecule has 182 valence electrons. The van der Waals surface area contributed by atoms with Crippen molar-refractivity contribution in [2.45, 2.75) is 49.5 Å². The average Bonchev–Trinajstić information content (AvgIpc) is 2.99. The van der Waals surface area contributed by atoms with Gasteiger partial charge >= 0.3 is 0 Å². The minimum Gasteiger partial charge on any atom is -0.324 e. The van der Waals surface area contributed by atoms with E-state index in [1.165, 1.54) is 10.7 Å². The normalized spacial score (nSPS) is 16.5. The fraction of sp³-hybridized carbons (Fsp3) is 0.346. The minimum atomic E-state index is -3.55. The van der Waals surface area contributed by atoms with Gasteiger partial charge in [0.15, 0.2) is 0 Å². The fourth-order valence-electron chi connectivity index (χ4n) is 4.86. The first-order valence-electron chi connectivity index (χ1n) is 11.9. The molecule has 35 heavy (non-hydrogen) atoms. The maximum Gasteiger partial charge on any atom is 0.243 e. The lowest BCUT2D eigenvalue weighted by Gasteiger charge is -2.30. The number of carbonyl (C=O) groups excluding carboxylic acids is 1. The summed E-state index contributed by atoms with van der Waals surface area (Å²) in [7, 11) is -0.104. The molecule has 2 heterocycles. The summed E-state index contributed by atoms with van der Waals surface area (Å²) in [6.07, 6.45) is 7.05. The lowest BCUT2D eigenvalue weighted by molar-refractivity contribution is -0.117. The molecule has 0 unspecified atom stereocenters. The van der Waals surface area contributed by atoms with Gasteiger partial charge in [0, 0.05) is 43.1 Å². The highest BCUT2D eigenvalue weighted by molar-refractivity contribution is 7.89. The standard InChI is InChI=1S/C26H29N5O3S/c1-30-23-11-7-6-10-22(23)25-18(16-24(30)32)17-27-26(29-25)28-19-12-14-21(15-13-19)35(33,34)31(2)20-8-4-3-5-9-20/h6-7,10-15,17,20H,3-5,8-9,16H2,1-2H3,(H,27,28,29). The molecule has 1 fully saturated rings. The average molecular weight is 492 g/mol. The van der Waals surface area contributed by atoms with Crippen LogP contribution in [-0.2, 0) is 21.2 Å². The van der Waals surface area contributed by atoms with Crippen molar-refractivity contribution in [2.24, 2.45) is 0 Å². The van der Waals surface area contributed by atoms with E-state index in [0.717, 1.165) is 42.5 Å². The van der Waals surface area contributed by atoms with Gasteiger partial charge in [0.2, 0.25) is 21.9 Å². The third-order valence-corrected chi connectivity index (χ3v) is 8.90. The monoisotopic (exact) mass is 491 g/mol. The topological polar surface area (TPSA) is 95.5 Å². The first-order chi connectivity index (χ1) is 16.8. The van der Waals surface area contributed by atoms with Crippen LogP contribution in [0.5, 0.6) is 0 Å². The van der Waals surface area contributed by atoms with Crippen LogP contribution in [0.15, 0.2) is 59.6 Å². The molecule has 1 aliphatic carbocycles. The molecule has 1 aliphatic heterocycles. The van der Waals surface area contributed by atoms with Crippen molar-refractivity contribution in [1.82, 2.24) is 14.3 Å². The van der Waals surface area contributed by atoms with E-state index in [9.17, 15) is 13.2 Å². The van der Waals surface area contributed by atoms with Gasteiger partial charge in [0.25, 0.3) is 0 Å². The van der Waals surface area contributed by atoms with Gasteiger partial charge in [-0.2, -0.15) is 4.31 Å². The van der Waals surface area contributed by atoms with Crippen LogP contribution in [0.3, 0.4) is 0 Å². The number of rotatable bonds is 5. The smallest absolute Gasteiger partial charge is 0.243 e. The Hall–Kier alpha value is -3.30. The molecule has 5 rings (SSSR count). The largest absolute Gasteiger partial charge is 0.324 e. The Morgan fingerprint density at radius 1 is 1.03 bits per heavy atom. The number of hydrogen-bond acceptors (Lipinski definition) is 6. The number of benzene rings is 2. The molecular formula is C26H29N5O3S. The van der Waals surface area contributed by atoms with Gasteiger partial charge in [-0.3, -0.25) is 4.79 Å². The molecule has 0 saturated heterocycles. The second kappa shape index (κ2) is 9.39. The number of amides is 1. The molecule has 0 radical (unpaired) electrons. The van der Waals surface area contributed by atoms with Crippen LogP contribution in [0.25, 0.3) is 11.3 Å². The van der Waals surface area contributed by atoms with E-state index in [2.05, 4.69) is 10.3 Å². The Morgan fingerprint density at radius 3 is 2.49 bits per heavy atom. The van der Waals surface area contributed by atoms with E-state index in [1.54, 1.807) is 49.5 Å². The number of para-hydroxylation sites is 1. The van der Waals surface area contributed by atoms with E-state index in [0.29, 0.717) is 17.3 Å². The molecule has 1 N–H and O–H groups in total. The zero-order chi connectivity index (χ0) is 24.6. The van der Waals surface area contributed by atoms with Crippen LogP contribution in [0, 0.1) is 0 Å². The van der Waals surface area contributed by atoms with Gasteiger partial charge in [0.1, 0.15) is 0 Å². The third kappa shape index (κ3) is 4.53. The van der Waals surface area contributed by atoms with Crippen LogP contribution >= 0.6 is 0 Å². The quantitative estimate of drug-likeness (QED) is 0.570. The molecule has 0 bridgehead atoms. The lowest BCUT2D eigenvalue weighted by atomic mass is 9.96. The number of sulfonamides is 1. The number of carbonyl (C=O) groups is 1. The summed E-state index contributed by atoms with van der Waals surface area (Å²) in [5, 5.41) is 3.17. The molecule has 2 aliphatic rings. The lowest BCUT2D eigenvalue weighted by Crippen LogP contribution is -2.38. The van der Waals surface area contributed by atoms with Crippen molar-refractivity contribution in [3.05, 3.63) is 60.3 Å². The van der Waals surface area contributed by atoms with E-state index >= 15 is 0 Å². The highest BCUT2D eigenvalue weighted by atomic mass is 32.2. The van der Waals surface area contributed by atoms with Gasteiger partial charge < -0.3 is 10.2 Å². The maximum atomic E-state index is 13.1. The predicted molar refractivity (Wildman–Crippen MR) is 136 cm³/mol. The van der Waals surface area contributed by atoms with Crippen molar-refractivity contribution < 1.29 is 13.2 Å². The fourth-order valence-corrected chi connectivity index (χ4v) is 6.27. The first kappa shape index (κ1) is 23.4. The molecule has 3 aromatic rings. The molecule has 9 heteroatoms. The third-order valence-electron chi connectivity index (χ3n) is 6.98. The summed E-state index contributed by atoms with van der Waals surface area (Å²) in [5.74, 6) is 0.362. The molecule has 1 saturated carbocycles. The Kier molecular flexibility index (Phi) is 6.29. The summed E-state index contributed by atoms with van der Waals surface area (Å²) in [4.78, 5) is 23.6. The molecule has 2 aromatic carbocycles. The highest BCUT2D eigenvalue weighted by Gasteiger charge is 2.29. The number of hydrogen-bond donors (Lipinski definition) is 1. The van der Waals surface area contributed by atoms with Gasteiger partial charge in [-0.05, 0) is 43.2 Å². The van der Waals surface area contributed by atoms with Crippen molar-refractivity contribution in [1.29, 1.82) is 0 Å². The van der Waals surface area contributed by atoms with Crippen LogP contribution < -0.4 is 10.2 Å². The van der Waals surface area contributed by atoms with E-state index in [4.69, 9.17) is 4.98 Å². The predicted octanol–water partition coefficient (Wildman–Crippen LogP) is 4.36. The molecule has 8 nitrogen and oxygen atoms in total. The van der Waals surface area contributed by atoms with E-state index in [-0.39, 0.29) is 23.3 Å². The number of nitrogens with one attached hydrogen (secondary N) is 1. The minimum absolute atomic E-state index is 0.0181. The molecule has 1 aromatic heterocycles. The van der Waals surface area contributed by atoms with Crippen molar-refractivity contribution in [3.63, 3.8) is 0 Å². The number of anilines is 3. The Bertz CT molecular complexity index is 1350. The molecule has 0 spiro atoms. The second-order valence-electron chi connectivity index (χ2n) is 9.18. The van der Waals surface area contributed by atoms with Gasteiger partial charge in [-0.1, -0.05) is 37.5 Å². The second-order valence-corrected chi connectivity index (χ2v) is 11.2. The summed E-state index contributed by atoms with van der Waals surface area (Å²) >= 11 is 0. The first-order valence-corrected chi connectivity index (χ1v) is 13.4. The van der Waals surface area contributed by atoms with Crippen molar-refractivity contribution in [3.8, 4) is 11.3 Å². The van der Waals surface area contributed by atoms with Crippen LogP contribution in [0.2, 0.25) is 0 Å². The summed E-state index contributed by atoms with van der Waals surface area (Å²) < 4.78 is 27.8. The summed E-state index contributed by atoms with van der Waals surface area (Å²) in [6.45, 7) is 0. The van der Waals surface area contributed by atoms with Gasteiger partial charge in [0.05, 0.1) is 22.7 Å². The van der Waals surface area contributed by atoms with E-state index in [1.807, 2.05) is 24.3 Å². The van der Waals surface area contributed by atoms with Crippen molar-refractivity contribution >= 4 is 33.3 Å². The Morgan fingerprint density at radius 2 is 1.74 bits per heavy atom. The molecule has 1 amide bonds. The number of likely N-dealkylation sites (N-methyl/N-ethyl adjacent to an activating group) is 1. The van der Waals surface area contributed by atoms with Gasteiger partial charge in [-0.25, -0.2) is 18.4 Å². The SMILES string of the molecule is CN1C(=O)Cc2cnc(Nc3ccc(S(=O)(=O)N(C)C4CCCCC4)cc3)nc2-c2ccccc21. The van der Waals surface area contributed by atoms with Crippen LogP contribution in [0.4, 0.5) is 17.3 Å². The van der Waals surface area contributed by atoms with Crippen molar-refractivity contribution in [2.75, 3.05) is 24.3 Å². The summed E-state index contributed by atoms with van der Waals surface area (Å²) in [5.41, 5.74) is 3.83. The Balaban J connectivity index is 1.39. The molecule has 0 atom stereocenters. The molecular weight excluding hydrogens is 462 g/mol. The van der Waals surface area contributed by atoms with E-state index < -0.39 is 10.0 Å². The van der Waals surface area contributed by atoms with Crippen LogP contribution in [0.1, 0.15) is 37.7 Å². The maximum absolute atomic E-state index is 13.1. The van der Waals surface area contributed by atoms with Crippen LogP contribution in [-0.4, -0.2) is 48.7 Å². The zero-order valence-electron chi connectivity index (χ0n) is 19.9. The van der Waals surface area contributed by atoms with Gasteiger partial charge in [-0.15, -0.1) is 0 Å². The number of aromatic nitrogens is 2. The number of nitrogens with zero attached hydrogens (tertiary/aromatic N) is 4. The zero-order valence-corrected chi connectivity index (χ0v) is 20.8. The number of fused-ring (bicyclic) bond motifs is 3. The Labute approximate surface area is 206 Å².